The average molecular weight is 352 g/mol. The summed E-state index contributed by atoms with van der Waals surface area (Å²) in [6, 6.07) is 12.2. The third kappa shape index (κ3) is 3.81. The largest absolute Gasteiger partial charge is 0.337 e. The Morgan fingerprint density at radius 3 is 2.80 bits per heavy atom. The molecule has 1 saturated heterocycles. The van der Waals surface area contributed by atoms with Crippen LogP contribution in [0.15, 0.2) is 54.1 Å². The topological polar surface area (TPSA) is 40.9 Å². The van der Waals surface area contributed by atoms with Gasteiger partial charge in [0.25, 0.3) is 0 Å². The van der Waals surface area contributed by atoms with Gasteiger partial charge in [-0.05, 0) is 35.7 Å². The summed E-state index contributed by atoms with van der Waals surface area (Å²) >= 11 is 1.64. The van der Waals surface area contributed by atoms with Gasteiger partial charge in [0.15, 0.2) is 0 Å². The number of nitrogens with zero attached hydrogens (tertiary/aromatic N) is 4. The van der Waals surface area contributed by atoms with Crippen LogP contribution in [0.25, 0.3) is 11.6 Å². The first-order chi connectivity index (χ1) is 12.3. The fourth-order valence-electron chi connectivity index (χ4n) is 3.07. The minimum absolute atomic E-state index is 0.0979. The van der Waals surface area contributed by atoms with Gasteiger partial charge in [0.2, 0.25) is 5.91 Å². The number of hydrogen-bond acceptors (Lipinski definition) is 4. The Kier molecular flexibility index (Phi) is 4.63. The van der Waals surface area contributed by atoms with Gasteiger partial charge in [0.1, 0.15) is 0 Å². The number of pyridine rings is 1. The summed E-state index contributed by atoms with van der Waals surface area (Å²) in [7, 11) is 0. The van der Waals surface area contributed by atoms with Crippen molar-refractivity contribution < 1.29 is 4.79 Å². The molecule has 5 nitrogen and oxygen atoms in total. The Bertz CT molecular complexity index is 843. The van der Waals surface area contributed by atoms with Gasteiger partial charge in [-0.1, -0.05) is 12.1 Å². The molecule has 1 aliphatic rings. The summed E-state index contributed by atoms with van der Waals surface area (Å²) in [4.78, 5) is 17.7. The average Bonchev–Trinajstić information content (AvgIpc) is 3.29. The zero-order valence-electron chi connectivity index (χ0n) is 13.9. The predicted molar refractivity (Wildman–Crippen MR) is 100 cm³/mol. The van der Waals surface area contributed by atoms with Gasteiger partial charge in [-0.25, -0.2) is 4.52 Å². The van der Waals surface area contributed by atoms with Crippen LogP contribution in [0.4, 0.5) is 0 Å². The van der Waals surface area contributed by atoms with Crippen LogP contribution in [0.2, 0.25) is 0 Å². The lowest BCUT2D eigenvalue weighted by Crippen LogP contribution is -2.47. The Hall–Kier alpha value is -2.44. The molecule has 0 radical (unpaired) electrons. The molecule has 0 bridgehead atoms. The monoisotopic (exact) mass is 352 g/mol. The number of carbonyl (C=O) groups is 1. The Balaban J connectivity index is 1.31. The molecule has 0 N–H and O–H groups in total. The number of hydrogen-bond donors (Lipinski definition) is 0. The van der Waals surface area contributed by atoms with Gasteiger partial charge in [-0.15, -0.1) is 11.3 Å². The lowest BCUT2D eigenvalue weighted by molar-refractivity contribution is -0.127. The standard InChI is InChI=1S/C19H20N4OS/c24-19(7-6-18-5-3-13-25-18)22-11-9-21(10-12-22)15-16-14-17-4-1-2-8-23(17)20-16/h1-8,13-14H,9-12,15H2/b7-6+. The van der Waals surface area contributed by atoms with Crippen molar-refractivity contribution in [2.45, 2.75) is 6.54 Å². The molecule has 0 aliphatic carbocycles. The number of fused-ring (bicyclic) bond motifs is 1. The van der Waals surface area contributed by atoms with E-state index in [9.17, 15) is 4.79 Å². The van der Waals surface area contributed by atoms with Crippen LogP contribution in [0.1, 0.15) is 10.6 Å². The molecule has 0 spiro atoms. The lowest BCUT2D eigenvalue weighted by atomic mass is 10.2. The molecule has 0 atom stereocenters. The fraction of sp³-hybridized carbons (Fsp3) is 0.263. The highest BCUT2D eigenvalue weighted by molar-refractivity contribution is 7.10. The van der Waals surface area contributed by atoms with E-state index in [0.717, 1.165) is 48.8 Å². The summed E-state index contributed by atoms with van der Waals surface area (Å²) in [5.74, 6) is 0.0979. The van der Waals surface area contributed by atoms with E-state index in [4.69, 9.17) is 0 Å². The smallest absolute Gasteiger partial charge is 0.246 e. The SMILES string of the molecule is O=C(/C=C/c1cccs1)N1CCN(Cc2cc3ccccn3n2)CC1. The molecule has 25 heavy (non-hydrogen) atoms. The number of rotatable bonds is 4. The van der Waals surface area contributed by atoms with Crippen LogP contribution in [-0.4, -0.2) is 51.5 Å². The lowest BCUT2D eigenvalue weighted by Gasteiger charge is -2.33. The maximum absolute atomic E-state index is 12.3. The van der Waals surface area contributed by atoms with Gasteiger partial charge in [-0.3, -0.25) is 9.69 Å². The summed E-state index contributed by atoms with van der Waals surface area (Å²) in [6.45, 7) is 4.12. The van der Waals surface area contributed by atoms with Crippen molar-refractivity contribution in [3.05, 3.63) is 64.6 Å². The van der Waals surface area contributed by atoms with Gasteiger partial charge >= 0.3 is 0 Å². The molecule has 3 aromatic rings. The second-order valence-electron chi connectivity index (χ2n) is 6.16. The van der Waals surface area contributed by atoms with Gasteiger partial charge in [0, 0.05) is 49.9 Å². The molecule has 4 rings (SSSR count). The summed E-state index contributed by atoms with van der Waals surface area (Å²) in [5.41, 5.74) is 2.19. The first kappa shape index (κ1) is 16.1. The van der Waals surface area contributed by atoms with Crippen LogP contribution in [0.5, 0.6) is 0 Å². The molecule has 0 unspecified atom stereocenters. The van der Waals surface area contributed by atoms with E-state index in [1.54, 1.807) is 17.4 Å². The highest BCUT2D eigenvalue weighted by Crippen LogP contribution is 2.13. The molecule has 0 aromatic carbocycles. The van der Waals surface area contributed by atoms with E-state index in [2.05, 4.69) is 22.1 Å². The van der Waals surface area contributed by atoms with Crippen LogP contribution < -0.4 is 0 Å². The third-order valence-corrected chi connectivity index (χ3v) is 5.26. The normalized spacial score (nSPS) is 16.1. The first-order valence-electron chi connectivity index (χ1n) is 8.44. The van der Waals surface area contributed by atoms with Crippen LogP contribution in [0.3, 0.4) is 0 Å². The molecule has 6 heteroatoms. The fourth-order valence-corrected chi connectivity index (χ4v) is 3.69. The molecule has 128 valence electrons. The number of carbonyl (C=O) groups excluding carboxylic acids is 1. The van der Waals surface area contributed by atoms with Crippen molar-refractivity contribution in [3.63, 3.8) is 0 Å². The quantitative estimate of drug-likeness (QED) is 0.678. The zero-order chi connectivity index (χ0) is 17.1. The molecule has 1 amide bonds. The maximum Gasteiger partial charge on any atom is 0.246 e. The van der Waals surface area contributed by atoms with Crippen molar-refractivity contribution in [1.29, 1.82) is 0 Å². The molecule has 4 heterocycles. The van der Waals surface area contributed by atoms with E-state index in [-0.39, 0.29) is 5.91 Å². The number of piperazine rings is 1. The van der Waals surface area contributed by atoms with Crippen LogP contribution in [0, 0.1) is 0 Å². The van der Waals surface area contributed by atoms with Gasteiger partial charge in [0.05, 0.1) is 11.2 Å². The Labute approximate surface area is 150 Å². The van der Waals surface area contributed by atoms with E-state index in [1.807, 2.05) is 51.3 Å². The Morgan fingerprint density at radius 1 is 1.16 bits per heavy atom. The second kappa shape index (κ2) is 7.21. The third-order valence-electron chi connectivity index (χ3n) is 4.42. The first-order valence-corrected chi connectivity index (χ1v) is 9.32. The predicted octanol–water partition coefficient (Wildman–Crippen LogP) is 2.75. The van der Waals surface area contributed by atoms with Crippen molar-refractivity contribution in [2.24, 2.45) is 0 Å². The zero-order valence-corrected chi connectivity index (χ0v) is 14.7. The molecule has 3 aromatic heterocycles. The molecule has 1 aliphatic heterocycles. The van der Waals surface area contributed by atoms with E-state index in [1.165, 1.54) is 0 Å². The Morgan fingerprint density at radius 2 is 2.04 bits per heavy atom. The van der Waals surface area contributed by atoms with Crippen LogP contribution >= 0.6 is 11.3 Å². The minimum atomic E-state index is 0.0979. The molecule has 1 fully saturated rings. The van der Waals surface area contributed by atoms with E-state index in [0.29, 0.717) is 0 Å². The summed E-state index contributed by atoms with van der Waals surface area (Å²) in [6.07, 6.45) is 5.55. The molecular weight excluding hydrogens is 332 g/mol. The second-order valence-corrected chi connectivity index (χ2v) is 7.14. The molecule has 0 saturated carbocycles. The summed E-state index contributed by atoms with van der Waals surface area (Å²) in [5, 5.41) is 6.62. The van der Waals surface area contributed by atoms with Crippen molar-refractivity contribution >= 4 is 28.8 Å². The minimum Gasteiger partial charge on any atom is -0.337 e. The maximum atomic E-state index is 12.3. The van der Waals surface area contributed by atoms with E-state index >= 15 is 0 Å². The van der Waals surface area contributed by atoms with Crippen molar-refractivity contribution in [2.75, 3.05) is 26.2 Å². The van der Waals surface area contributed by atoms with Crippen LogP contribution in [-0.2, 0) is 11.3 Å². The van der Waals surface area contributed by atoms with E-state index < -0.39 is 0 Å². The number of amides is 1. The van der Waals surface area contributed by atoms with Gasteiger partial charge < -0.3 is 4.90 Å². The number of aromatic nitrogens is 2. The van der Waals surface area contributed by atoms with Crippen molar-refractivity contribution in [3.8, 4) is 0 Å². The summed E-state index contributed by atoms with van der Waals surface area (Å²) < 4.78 is 1.91. The number of thiophene rings is 1. The molecular formula is C19H20N4OS. The highest BCUT2D eigenvalue weighted by atomic mass is 32.1. The highest BCUT2D eigenvalue weighted by Gasteiger charge is 2.20. The van der Waals surface area contributed by atoms with Crippen molar-refractivity contribution in [1.82, 2.24) is 19.4 Å². The van der Waals surface area contributed by atoms with Gasteiger partial charge in [-0.2, -0.15) is 5.10 Å².